The second-order valence-electron chi connectivity index (χ2n) is 9.88. The molecule has 0 radical (unpaired) electrons. The van der Waals surface area contributed by atoms with Gasteiger partial charge < -0.3 is 9.84 Å². The van der Waals surface area contributed by atoms with E-state index < -0.39 is 26.8 Å². The third-order valence-electron chi connectivity index (χ3n) is 7.06. The van der Waals surface area contributed by atoms with Crippen molar-refractivity contribution in [1.29, 1.82) is 0 Å². The molecule has 1 aliphatic heterocycles. The number of benzene rings is 1. The molecule has 1 unspecified atom stereocenters. The van der Waals surface area contributed by atoms with Crippen LogP contribution >= 0.6 is 0 Å². The molecule has 4 rings (SSSR count). The molecule has 0 spiro atoms. The SMILES string of the molecule is C[C@@](CCn1cnc2cc(C#CC#C[C@H]3C[C@@H]3CO)ccc2c1=O)(C(=O)NOC1CCCCO1)S(C)(=O)=O. The average Bonchev–Trinajstić information content (AvgIpc) is 3.67. The van der Waals surface area contributed by atoms with Crippen molar-refractivity contribution in [2.75, 3.05) is 19.5 Å². The zero-order valence-electron chi connectivity index (χ0n) is 21.4. The summed E-state index contributed by atoms with van der Waals surface area (Å²) in [4.78, 5) is 35.6. The van der Waals surface area contributed by atoms with Crippen molar-refractivity contribution in [2.24, 2.45) is 11.8 Å². The summed E-state index contributed by atoms with van der Waals surface area (Å²) < 4.78 is 30.0. The highest BCUT2D eigenvalue weighted by Crippen LogP contribution is 2.36. The fourth-order valence-corrected chi connectivity index (χ4v) is 4.93. The Balaban J connectivity index is 1.45. The molecule has 0 bridgehead atoms. The summed E-state index contributed by atoms with van der Waals surface area (Å²) in [6, 6.07) is 4.99. The number of carbonyl (C=O) groups is 1. The van der Waals surface area contributed by atoms with E-state index in [2.05, 4.69) is 34.1 Å². The lowest BCUT2D eigenvalue weighted by Gasteiger charge is -2.28. The molecule has 1 aromatic carbocycles. The largest absolute Gasteiger partial charge is 0.396 e. The number of ether oxygens (including phenoxy) is 1. The van der Waals surface area contributed by atoms with Crippen molar-refractivity contribution in [3.05, 3.63) is 40.4 Å². The summed E-state index contributed by atoms with van der Waals surface area (Å²) >= 11 is 0. The molecule has 4 atom stereocenters. The minimum absolute atomic E-state index is 0.0498. The van der Waals surface area contributed by atoms with E-state index in [9.17, 15) is 18.0 Å². The van der Waals surface area contributed by atoms with Crippen molar-refractivity contribution in [3.8, 4) is 23.7 Å². The molecule has 1 saturated heterocycles. The fraction of sp³-hybridized carbons (Fsp3) is 0.519. The van der Waals surface area contributed by atoms with Gasteiger partial charge >= 0.3 is 0 Å². The number of aliphatic hydroxyl groups is 1. The minimum Gasteiger partial charge on any atom is -0.396 e. The standard InChI is InChI=1S/C27H31N3O7S/c1-27(38(2,34)35,26(33)29-37-24-9-5-6-14-36-24)12-13-30-18-28-23-15-19(10-11-22(23)25(30)32)7-3-4-8-20-16-21(20)17-31/h10-11,15,18,20-21,24,31H,5-6,9,12-14,16-17H2,1-2H3,(H,29,33)/t20-,21+,24?,27+/m0/s1. The van der Waals surface area contributed by atoms with Crippen molar-refractivity contribution in [3.63, 3.8) is 0 Å². The normalized spacial score (nSPS) is 22.3. The van der Waals surface area contributed by atoms with Gasteiger partial charge in [-0.25, -0.2) is 23.7 Å². The molecule has 2 aliphatic rings. The highest BCUT2D eigenvalue weighted by atomic mass is 32.2. The third-order valence-corrected chi connectivity index (χ3v) is 9.08. The van der Waals surface area contributed by atoms with Crippen LogP contribution in [-0.4, -0.2) is 59.5 Å². The number of fused-ring (bicyclic) bond motifs is 1. The number of nitrogens with one attached hydrogen (secondary N) is 1. The number of sulfone groups is 1. The smallest absolute Gasteiger partial charge is 0.264 e. The van der Waals surface area contributed by atoms with Gasteiger partial charge in [0, 0.05) is 43.9 Å². The van der Waals surface area contributed by atoms with E-state index in [0.29, 0.717) is 29.5 Å². The molecule has 2 heterocycles. The Morgan fingerprint density at radius 2 is 2.16 bits per heavy atom. The van der Waals surface area contributed by atoms with Gasteiger partial charge in [-0.1, -0.05) is 11.8 Å². The van der Waals surface area contributed by atoms with E-state index in [0.717, 1.165) is 25.5 Å². The Kier molecular flexibility index (Phi) is 8.54. The number of nitrogens with zero attached hydrogens (tertiary/aromatic N) is 2. The second kappa shape index (κ2) is 11.7. The molecule has 38 heavy (non-hydrogen) atoms. The second-order valence-corrected chi connectivity index (χ2v) is 12.3. The van der Waals surface area contributed by atoms with E-state index >= 15 is 0 Å². The molecule has 1 saturated carbocycles. The molecule has 2 aromatic rings. The van der Waals surface area contributed by atoms with E-state index in [1.165, 1.54) is 17.8 Å². The van der Waals surface area contributed by atoms with Crippen LogP contribution in [0.3, 0.4) is 0 Å². The van der Waals surface area contributed by atoms with E-state index in [1.54, 1.807) is 18.2 Å². The summed E-state index contributed by atoms with van der Waals surface area (Å²) in [6.45, 7) is 1.91. The molecular weight excluding hydrogens is 510 g/mol. The quantitative estimate of drug-likeness (QED) is 0.375. The van der Waals surface area contributed by atoms with E-state index in [4.69, 9.17) is 14.7 Å². The van der Waals surface area contributed by atoms with Gasteiger partial charge in [0.25, 0.3) is 11.5 Å². The van der Waals surface area contributed by atoms with Crippen LogP contribution in [0.1, 0.15) is 44.6 Å². The van der Waals surface area contributed by atoms with Crippen LogP contribution in [0.25, 0.3) is 10.9 Å². The number of hydroxylamine groups is 1. The van der Waals surface area contributed by atoms with Crippen LogP contribution in [0.4, 0.5) is 0 Å². The number of amides is 1. The molecule has 1 amide bonds. The molecule has 2 N–H and O–H groups in total. The van der Waals surface area contributed by atoms with Gasteiger partial charge in [-0.15, -0.1) is 0 Å². The van der Waals surface area contributed by atoms with Crippen molar-refractivity contribution >= 4 is 26.6 Å². The van der Waals surface area contributed by atoms with Crippen LogP contribution in [0.2, 0.25) is 0 Å². The summed E-state index contributed by atoms with van der Waals surface area (Å²) in [5.41, 5.74) is 2.97. The van der Waals surface area contributed by atoms with E-state index in [1.807, 2.05) is 0 Å². The maximum Gasteiger partial charge on any atom is 0.264 e. The van der Waals surface area contributed by atoms with Crippen LogP contribution in [-0.2, 0) is 30.8 Å². The first kappa shape index (κ1) is 27.8. The lowest BCUT2D eigenvalue weighted by atomic mass is 10.1. The molecule has 202 valence electrons. The monoisotopic (exact) mass is 541 g/mol. The summed E-state index contributed by atoms with van der Waals surface area (Å²) in [6.07, 6.45) is 4.80. The zero-order valence-corrected chi connectivity index (χ0v) is 22.2. The van der Waals surface area contributed by atoms with Gasteiger partial charge in [-0.3, -0.25) is 14.2 Å². The number of hydrogen-bond donors (Lipinski definition) is 2. The van der Waals surface area contributed by atoms with Crippen molar-refractivity contribution in [1.82, 2.24) is 15.0 Å². The third kappa shape index (κ3) is 6.43. The first-order valence-electron chi connectivity index (χ1n) is 12.5. The Hall–Kier alpha value is -3.22. The Bertz CT molecular complexity index is 1490. The topological polar surface area (TPSA) is 137 Å². The number of aliphatic hydroxyl groups excluding tert-OH is 1. The fourth-order valence-electron chi connectivity index (χ4n) is 4.09. The summed E-state index contributed by atoms with van der Waals surface area (Å²) in [7, 11) is -3.87. The zero-order chi connectivity index (χ0) is 27.3. The van der Waals surface area contributed by atoms with Crippen molar-refractivity contribution in [2.45, 2.75) is 56.6 Å². The maximum absolute atomic E-state index is 13.1. The van der Waals surface area contributed by atoms with E-state index in [-0.39, 0.29) is 37.0 Å². The number of carbonyl (C=O) groups excluding carboxylic acids is 1. The predicted molar refractivity (Wildman–Crippen MR) is 140 cm³/mol. The van der Waals surface area contributed by atoms with Crippen LogP contribution in [0.5, 0.6) is 0 Å². The molecular formula is C27H31N3O7S. The number of aryl methyl sites for hydroxylation is 1. The highest BCUT2D eigenvalue weighted by molar-refractivity contribution is 7.92. The molecule has 11 heteroatoms. The van der Waals surface area contributed by atoms with Crippen LogP contribution < -0.4 is 11.0 Å². The summed E-state index contributed by atoms with van der Waals surface area (Å²) in [5, 5.41) is 9.41. The number of hydrogen-bond acceptors (Lipinski definition) is 8. The molecule has 1 aromatic heterocycles. The predicted octanol–water partition coefficient (Wildman–Crippen LogP) is 1.15. The lowest BCUT2D eigenvalue weighted by molar-refractivity contribution is -0.201. The van der Waals surface area contributed by atoms with Crippen LogP contribution in [0, 0.1) is 35.5 Å². The Labute approximate surface area is 221 Å². The number of rotatable bonds is 8. The lowest BCUT2D eigenvalue weighted by Crippen LogP contribution is -2.51. The maximum atomic E-state index is 13.1. The first-order chi connectivity index (χ1) is 18.1. The van der Waals surface area contributed by atoms with Crippen LogP contribution in [0.15, 0.2) is 29.3 Å². The average molecular weight is 542 g/mol. The molecule has 2 fully saturated rings. The summed E-state index contributed by atoms with van der Waals surface area (Å²) in [5.74, 6) is 11.2. The van der Waals surface area contributed by atoms with Gasteiger partial charge in [0.15, 0.2) is 20.9 Å². The van der Waals surface area contributed by atoms with Gasteiger partial charge in [-0.2, -0.15) is 0 Å². The molecule has 10 nitrogen and oxygen atoms in total. The van der Waals surface area contributed by atoms with Gasteiger partial charge in [0.2, 0.25) is 0 Å². The minimum atomic E-state index is -3.87. The van der Waals surface area contributed by atoms with Crippen molar-refractivity contribution < 1.29 is 27.9 Å². The Morgan fingerprint density at radius 3 is 2.84 bits per heavy atom. The van der Waals surface area contributed by atoms with Gasteiger partial charge in [0.1, 0.15) is 0 Å². The Morgan fingerprint density at radius 1 is 1.34 bits per heavy atom. The van der Waals surface area contributed by atoms with Gasteiger partial charge in [-0.05, 0) is 68.6 Å². The molecule has 1 aliphatic carbocycles. The first-order valence-corrected chi connectivity index (χ1v) is 14.4. The van der Waals surface area contributed by atoms with Gasteiger partial charge in [0.05, 0.1) is 17.2 Å². The number of aromatic nitrogens is 2. The highest BCUT2D eigenvalue weighted by Gasteiger charge is 2.44.